The first-order chi connectivity index (χ1) is 8.20. The van der Waals surface area contributed by atoms with E-state index in [2.05, 4.69) is 5.32 Å². The molecule has 92 valence electrons. The monoisotopic (exact) mass is 235 g/mol. The Morgan fingerprint density at radius 3 is 2.47 bits per heavy atom. The Balaban J connectivity index is 1.48. The predicted octanol–water partition coefficient (Wildman–Crippen LogP) is 2.18. The molecule has 0 amide bonds. The second-order valence-electron chi connectivity index (χ2n) is 5.41. The molecule has 0 spiro atoms. The molecular formula is C14H18FNO. The average molecular weight is 235 g/mol. The highest BCUT2D eigenvalue weighted by molar-refractivity contribution is 5.23. The van der Waals surface area contributed by atoms with Crippen LogP contribution in [0.25, 0.3) is 0 Å². The van der Waals surface area contributed by atoms with Crippen molar-refractivity contribution in [3.8, 4) is 0 Å². The third-order valence-corrected chi connectivity index (χ3v) is 4.04. The first-order valence-corrected chi connectivity index (χ1v) is 6.40. The quantitative estimate of drug-likeness (QED) is 0.841. The van der Waals surface area contributed by atoms with Gasteiger partial charge in [-0.15, -0.1) is 0 Å². The number of hydrogen-bond acceptors (Lipinski definition) is 2. The molecule has 2 nitrogen and oxygen atoms in total. The zero-order chi connectivity index (χ0) is 11.8. The highest BCUT2D eigenvalue weighted by Crippen LogP contribution is 2.38. The van der Waals surface area contributed by atoms with Gasteiger partial charge in [0.15, 0.2) is 0 Å². The standard InChI is InChI=1S/C14H18FNO/c15-11-3-1-2-9(4-11)10-5-12(6-10)16-13-7-14(17)8-13/h1-4,10,12-14,16-17H,5-8H2. The largest absolute Gasteiger partial charge is 0.393 e. The molecule has 0 atom stereocenters. The molecule has 1 aromatic rings. The highest BCUT2D eigenvalue weighted by Gasteiger charge is 2.35. The predicted molar refractivity (Wildman–Crippen MR) is 64.3 cm³/mol. The lowest BCUT2D eigenvalue weighted by Gasteiger charge is -2.42. The zero-order valence-electron chi connectivity index (χ0n) is 9.77. The fraction of sp³-hybridized carbons (Fsp3) is 0.571. The maximum Gasteiger partial charge on any atom is 0.123 e. The molecule has 0 bridgehead atoms. The zero-order valence-corrected chi connectivity index (χ0v) is 9.77. The summed E-state index contributed by atoms with van der Waals surface area (Å²) in [5, 5.41) is 12.7. The van der Waals surface area contributed by atoms with Gasteiger partial charge in [-0.2, -0.15) is 0 Å². The summed E-state index contributed by atoms with van der Waals surface area (Å²) in [7, 11) is 0. The highest BCUT2D eigenvalue weighted by atomic mass is 19.1. The van der Waals surface area contributed by atoms with Crippen LogP contribution in [0.4, 0.5) is 4.39 Å². The molecule has 0 radical (unpaired) electrons. The van der Waals surface area contributed by atoms with Crippen LogP contribution in [0.1, 0.15) is 37.2 Å². The van der Waals surface area contributed by atoms with Crippen molar-refractivity contribution in [1.29, 1.82) is 0 Å². The summed E-state index contributed by atoms with van der Waals surface area (Å²) in [6.45, 7) is 0. The van der Waals surface area contributed by atoms with Gasteiger partial charge in [-0.05, 0) is 49.3 Å². The minimum Gasteiger partial charge on any atom is -0.393 e. The number of nitrogens with one attached hydrogen (secondary N) is 1. The lowest BCUT2D eigenvalue weighted by atomic mass is 9.74. The lowest BCUT2D eigenvalue weighted by molar-refractivity contribution is 0.0506. The van der Waals surface area contributed by atoms with Crippen molar-refractivity contribution in [2.75, 3.05) is 0 Å². The molecule has 0 aliphatic heterocycles. The summed E-state index contributed by atoms with van der Waals surface area (Å²) in [6, 6.07) is 8.00. The molecular weight excluding hydrogens is 217 g/mol. The molecule has 0 heterocycles. The summed E-state index contributed by atoms with van der Waals surface area (Å²) in [4.78, 5) is 0. The summed E-state index contributed by atoms with van der Waals surface area (Å²) in [6.07, 6.45) is 3.88. The molecule has 17 heavy (non-hydrogen) atoms. The van der Waals surface area contributed by atoms with Crippen LogP contribution in [0, 0.1) is 5.82 Å². The van der Waals surface area contributed by atoms with Gasteiger partial charge in [-0.3, -0.25) is 0 Å². The SMILES string of the molecule is OC1CC(NC2CC(c3cccc(F)c3)C2)C1. The van der Waals surface area contributed by atoms with E-state index < -0.39 is 0 Å². The summed E-state index contributed by atoms with van der Waals surface area (Å²) >= 11 is 0. The Labute approximate surface area is 101 Å². The molecule has 0 unspecified atom stereocenters. The van der Waals surface area contributed by atoms with Crippen molar-refractivity contribution in [3.05, 3.63) is 35.6 Å². The molecule has 0 saturated heterocycles. The van der Waals surface area contributed by atoms with Crippen LogP contribution < -0.4 is 5.32 Å². The molecule has 2 fully saturated rings. The fourth-order valence-corrected chi connectivity index (χ4v) is 2.84. The van der Waals surface area contributed by atoms with E-state index in [-0.39, 0.29) is 11.9 Å². The van der Waals surface area contributed by atoms with E-state index in [9.17, 15) is 9.50 Å². The second-order valence-corrected chi connectivity index (χ2v) is 5.41. The molecule has 2 saturated carbocycles. The Bertz CT molecular complexity index is 397. The van der Waals surface area contributed by atoms with Gasteiger partial charge in [0.05, 0.1) is 6.10 Å². The minimum absolute atomic E-state index is 0.0911. The molecule has 3 rings (SSSR count). The van der Waals surface area contributed by atoms with Gasteiger partial charge in [-0.1, -0.05) is 12.1 Å². The van der Waals surface area contributed by atoms with Crippen LogP contribution in [-0.4, -0.2) is 23.3 Å². The maximum atomic E-state index is 13.1. The van der Waals surface area contributed by atoms with Crippen LogP contribution in [-0.2, 0) is 0 Å². The molecule has 1 aromatic carbocycles. The Morgan fingerprint density at radius 2 is 1.82 bits per heavy atom. The van der Waals surface area contributed by atoms with Crippen molar-refractivity contribution in [2.24, 2.45) is 0 Å². The summed E-state index contributed by atoms with van der Waals surface area (Å²) in [5.74, 6) is 0.370. The van der Waals surface area contributed by atoms with Gasteiger partial charge in [0.1, 0.15) is 5.82 Å². The van der Waals surface area contributed by atoms with E-state index in [1.54, 1.807) is 12.1 Å². The molecule has 0 aromatic heterocycles. The van der Waals surface area contributed by atoms with Gasteiger partial charge in [0.2, 0.25) is 0 Å². The smallest absolute Gasteiger partial charge is 0.123 e. The van der Waals surface area contributed by atoms with Crippen molar-refractivity contribution < 1.29 is 9.50 Å². The van der Waals surface area contributed by atoms with E-state index in [0.29, 0.717) is 18.0 Å². The van der Waals surface area contributed by atoms with E-state index in [4.69, 9.17) is 0 Å². The number of benzene rings is 1. The number of aliphatic hydroxyl groups is 1. The molecule has 3 heteroatoms. The average Bonchev–Trinajstić information content (AvgIpc) is 2.19. The number of halogens is 1. The molecule has 2 N–H and O–H groups in total. The van der Waals surface area contributed by atoms with Crippen LogP contribution in [0.2, 0.25) is 0 Å². The third-order valence-electron chi connectivity index (χ3n) is 4.04. The topological polar surface area (TPSA) is 32.3 Å². The van der Waals surface area contributed by atoms with Crippen molar-refractivity contribution >= 4 is 0 Å². The number of rotatable bonds is 3. The van der Waals surface area contributed by atoms with Crippen molar-refractivity contribution in [1.82, 2.24) is 5.32 Å². The van der Waals surface area contributed by atoms with Gasteiger partial charge in [0.25, 0.3) is 0 Å². The van der Waals surface area contributed by atoms with E-state index in [0.717, 1.165) is 31.2 Å². The fourth-order valence-electron chi connectivity index (χ4n) is 2.84. The molecule has 2 aliphatic carbocycles. The number of aliphatic hydroxyl groups excluding tert-OH is 1. The van der Waals surface area contributed by atoms with E-state index in [1.807, 2.05) is 6.07 Å². The van der Waals surface area contributed by atoms with Gasteiger partial charge in [0, 0.05) is 12.1 Å². The Morgan fingerprint density at radius 1 is 1.12 bits per heavy atom. The van der Waals surface area contributed by atoms with Gasteiger partial charge in [-0.25, -0.2) is 4.39 Å². The first-order valence-electron chi connectivity index (χ1n) is 6.40. The third kappa shape index (κ3) is 2.35. The minimum atomic E-state index is -0.138. The van der Waals surface area contributed by atoms with Crippen molar-refractivity contribution in [3.63, 3.8) is 0 Å². The lowest BCUT2D eigenvalue weighted by Crippen LogP contribution is -2.52. The van der Waals surface area contributed by atoms with Crippen molar-refractivity contribution in [2.45, 2.75) is 49.8 Å². The summed E-state index contributed by atoms with van der Waals surface area (Å²) < 4.78 is 13.1. The summed E-state index contributed by atoms with van der Waals surface area (Å²) in [5.41, 5.74) is 1.12. The Hall–Kier alpha value is -0.930. The van der Waals surface area contributed by atoms with Crippen LogP contribution >= 0.6 is 0 Å². The maximum absolute atomic E-state index is 13.1. The van der Waals surface area contributed by atoms with Crippen LogP contribution in [0.5, 0.6) is 0 Å². The van der Waals surface area contributed by atoms with Crippen LogP contribution in [0.15, 0.2) is 24.3 Å². The normalized spacial score (nSPS) is 36.1. The number of hydrogen-bond donors (Lipinski definition) is 2. The van der Waals surface area contributed by atoms with E-state index >= 15 is 0 Å². The molecule has 2 aliphatic rings. The van der Waals surface area contributed by atoms with Crippen LogP contribution in [0.3, 0.4) is 0 Å². The Kier molecular flexibility index (Phi) is 2.89. The van der Waals surface area contributed by atoms with Gasteiger partial charge >= 0.3 is 0 Å². The van der Waals surface area contributed by atoms with E-state index in [1.165, 1.54) is 6.07 Å². The van der Waals surface area contributed by atoms with Gasteiger partial charge < -0.3 is 10.4 Å². The first kappa shape index (κ1) is 11.2. The second kappa shape index (κ2) is 4.39.